The Bertz CT molecular complexity index is 1030. The summed E-state index contributed by atoms with van der Waals surface area (Å²) in [6.07, 6.45) is 0.272. The first-order valence-corrected chi connectivity index (χ1v) is 13.6. The second kappa shape index (κ2) is 10.7. The van der Waals surface area contributed by atoms with Crippen LogP contribution >= 0.6 is 0 Å². The zero-order valence-corrected chi connectivity index (χ0v) is 26.0. The summed E-state index contributed by atoms with van der Waals surface area (Å²) in [6.45, 7) is 27.5. The first-order valence-electron chi connectivity index (χ1n) is 13.6. The second-order valence-electron chi connectivity index (χ2n) is 14.8. The van der Waals surface area contributed by atoms with Crippen molar-refractivity contribution in [3.8, 4) is 5.75 Å². The maximum atomic E-state index is 12.8. The van der Waals surface area contributed by atoms with Gasteiger partial charge in [0.15, 0.2) is 0 Å². The molecule has 0 unspecified atom stereocenters. The first-order chi connectivity index (χ1) is 17.0. The largest absolute Gasteiger partial charge is 0.507 e. The van der Waals surface area contributed by atoms with Gasteiger partial charge in [0.1, 0.15) is 5.75 Å². The molecule has 5 heteroatoms. The van der Waals surface area contributed by atoms with Gasteiger partial charge in [-0.05, 0) is 67.5 Å². The fourth-order valence-corrected chi connectivity index (χ4v) is 4.97. The van der Waals surface area contributed by atoms with Crippen molar-refractivity contribution in [3.63, 3.8) is 0 Å². The molecule has 0 saturated carbocycles. The van der Waals surface area contributed by atoms with Crippen LogP contribution in [-0.2, 0) is 44.1 Å². The molecular formula is C33H50N2O3. The fourth-order valence-electron chi connectivity index (χ4n) is 4.97. The normalized spacial score (nSPS) is 12.9. The third-order valence-corrected chi connectivity index (χ3v) is 6.94. The van der Waals surface area contributed by atoms with E-state index in [1.807, 2.05) is 53.7 Å². The lowest BCUT2D eigenvalue weighted by molar-refractivity contribution is -0.128. The topological polar surface area (TPSA) is 78.4 Å². The van der Waals surface area contributed by atoms with E-state index in [1.165, 1.54) is 16.7 Å². The minimum Gasteiger partial charge on any atom is -0.507 e. The highest BCUT2D eigenvalue weighted by Crippen LogP contribution is 2.40. The maximum absolute atomic E-state index is 12.8. The Morgan fingerprint density at radius 3 is 1.11 bits per heavy atom. The van der Waals surface area contributed by atoms with Gasteiger partial charge in [0.25, 0.3) is 0 Å². The smallest absolute Gasteiger partial charge is 0.242 e. The highest BCUT2D eigenvalue weighted by molar-refractivity contribution is 5.84. The molecule has 0 aromatic heterocycles. The van der Waals surface area contributed by atoms with Gasteiger partial charge in [-0.3, -0.25) is 20.4 Å². The lowest BCUT2D eigenvalue weighted by Gasteiger charge is -2.29. The van der Waals surface area contributed by atoms with Gasteiger partial charge in [-0.25, -0.2) is 0 Å². The van der Waals surface area contributed by atoms with Crippen LogP contribution in [0.5, 0.6) is 5.75 Å². The Morgan fingerprint density at radius 1 is 0.579 bits per heavy atom. The number of phenolic OH excluding ortho intramolecular Hbond substituents is 1. The summed E-state index contributed by atoms with van der Waals surface area (Å²) >= 11 is 0. The molecule has 38 heavy (non-hydrogen) atoms. The van der Waals surface area contributed by atoms with Gasteiger partial charge >= 0.3 is 0 Å². The van der Waals surface area contributed by atoms with Crippen LogP contribution in [0.3, 0.4) is 0 Å². The monoisotopic (exact) mass is 522 g/mol. The van der Waals surface area contributed by atoms with Crippen LogP contribution in [0.25, 0.3) is 0 Å². The molecule has 2 amide bonds. The third kappa shape index (κ3) is 7.85. The van der Waals surface area contributed by atoms with Crippen LogP contribution < -0.4 is 10.9 Å². The number of phenols is 1. The van der Waals surface area contributed by atoms with Crippen molar-refractivity contribution in [1.29, 1.82) is 0 Å². The molecule has 0 bridgehead atoms. The summed E-state index contributed by atoms with van der Waals surface area (Å²) < 4.78 is 0. The molecule has 0 aliphatic rings. The molecule has 0 atom stereocenters. The summed E-state index contributed by atoms with van der Waals surface area (Å²) in [7, 11) is 0. The number of nitrogens with one attached hydrogen (secondary N) is 2. The lowest BCUT2D eigenvalue weighted by atomic mass is 9.75. The van der Waals surface area contributed by atoms with Gasteiger partial charge < -0.3 is 5.11 Å². The Morgan fingerprint density at radius 2 is 0.842 bits per heavy atom. The van der Waals surface area contributed by atoms with E-state index in [0.29, 0.717) is 0 Å². The zero-order valence-electron chi connectivity index (χ0n) is 26.0. The van der Waals surface area contributed by atoms with Gasteiger partial charge in [0.05, 0.1) is 12.8 Å². The SMILES string of the molecule is Cc1c(C(C)(C)C)cc(CC(=O)NNC(=O)Cc2cc(C(C)(C)C)c(O)c(C(C)(C)C)c2)cc1C(C)(C)C. The van der Waals surface area contributed by atoms with Crippen molar-refractivity contribution in [2.24, 2.45) is 0 Å². The quantitative estimate of drug-likeness (QED) is 0.385. The molecule has 0 spiro atoms. The van der Waals surface area contributed by atoms with Crippen LogP contribution in [0.1, 0.15) is 122 Å². The predicted octanol–water partition coefficient (Wildman–Crippen LogP) is 6.82. The number of hydrogen-bond acceptors (Lipinski definition) is 3. The first kappa shape index (κ1) is 31.4. The highest BCUT2D eigenvalue weighted by Gasteiger charge is 2.27. The van der Waals surface area contributed by atoms with Crippen LogP contribution in [0.15, 0.2) is 24.3 Å². The molecule has 2 rings (SSSR count). The Labute approximate surface area is 230 Å². The van der Waals surface area contributed by atoms with Crippen molar-refractivity contribution in [3.05, 3.63) is 63.2 Å². The Balaban J connectivity index is 2.21. The van der Waals surface area contributed by atoms with Crippen molar-refractivity contribution >= 4 is 11.8 Å². The molecule has 0 radical (unpaired) electrons. The molecule has 0 fully saturated rings. The van der Waals surface area contributed by atoms with Gasteiger partial charge in [0, 0.05) is 0 Å². The van der Waals surface area contributed by atoms with Gasteiger partial charge in [-0.2, -0.15) is 0 Å². The van der Waals surface area contributed by atoms with Crippen molar-refractivity contribution in [2.45, 2.75) is 125 Å². The molecule has 0 saturated heterocycles. The van der Waals surface area contributed by atoms with Gasteiger partial charge in [0.2, 0.25) is 11.8 Å². The van der Waals surface area contributed by atoms with E-state index in [1.54, 1.807) is 0 Å². The second-order valence-corrected chi connectivity index (χ2v) is 14.8. The third-order valence-electron chi connectivity index (χ3n) is 6.94. The summed E-state index contributed by atoms with van der Waals surface area (Å²) in [6, 6.07) is 8.01. The average Bonchev–Trinajstić information content (AvgIpc) is 2.71. The summed E-state index contributed by atoms with van der Waals surface area (Å²) in [5.74, 6) is -0.290. The van der Waals surface area contributed by atoms with Gasteiger partial charge in [-0.15, -0.1) is 0 Å². The van der Waals surface area contributed by atoms with Crippen molar-refractivity contribution < 1.29 is 14.7 Å². The number of carbonyl (C=O) groups is 2. The van der Waals surface area contributed by atoms with Crippen molar-refractivity contribution in [1.82, 2.24) is 10.9 Å². The van der Waals surface area contributed by atoms with Crippen molar-refractivity contribution in [2.75, 3.05) is 0 Å². The van der Waals surface area contributed by atoms with Gasteiger partial charge in [-0.1, -0.05) is 107 Å². The molecule has 5 nitrogen and oxygen atoms in total. The minimum atomic E-state index is -0.307. The van der Waals surface area contributed by atoms with E-state index >= 15 is 0 Å². The lowest BCUT2D eigenvalue weighted by Crippen LogP contribution is -2.43. The molecule has 2 aromatic carbocycles. The standard InChI is InChI=1S/C33H50N2O3/c1-20-23(30(2,3)4)14-21(15-24(20)31(5,6)7)18-27(36)34-35-28(37)19-22-16-25(32(8,9)10)29(38)26(17-22)33(11,12)13/h14-17,38H,18-19H2,1-13H3,(H,34,36)(H,35,37). The molecule has 0 aliphatic heterocycles. The molecule has 2 aromatic rings. The van der Waals surface area contributed by atoms with E-state index in [2.05, 4.69) is 71.5 Å². The van der Waals surface area contributed by atoms with E-state index in [4.69, 9.17) is 0 Å². The molecular weight excluding hydrogens is 472 g/mol. The summed E-state index contributed by atoms with van der Waals surface area (Å²) in [5, 5.41) is 10.9. The molecule has 0 heterocycles. The summed E-state index contributed by atoms with van der Waals surface area (Å²) in [5.41, 5.74) is 11.6. The van der Waals surface area contributed by atoms with Crippen LogP contribution in [0.4, 0.5) is 0 Å². The number of benzene rings is 2. The number of amides is 2. The summed E-state index contributed by atoms with van der Waals surface area (Å²) in [4.78, 5) is 25.6. The Kier molecular flexibility index (Phi) is 8.88. The zero-order chi connectivity index (χ0) is 29.4. The predicted molar refractivity (Wildman–Crippen MR) is 158 cm³/mol. The van der Waals surface area contributed by atoms with E-state index < -0.39 is 0 Å². The number of carbonyl (C=O) groups excluding carboxylic acids is 2. The molecule has 0 aliphatic carbocycles. The minimum absolute atomic E-state index is 0.0489. The van der Waals surface area contributed by atoms with Crippen LogP contribution in [-0.4, -0.2) is 16.9 Å². The number of hydrogen-bond donors (Lipinski definition) is 3. The molecule has 3 N–H and O–H groups in total. The van der Waals surface area contributed by atoms with E-state index in [-0.39, 0.29) is 52.1 Å². The number of rotatable bonds is 4. The average molecular weight is 523 g/mol. The maximum Gasteiger partial charge on any atom is 0.242 e. The van der Waals surface area contributed by atoms with Crippen LogP contribution in [0.2, 0.25) is 0 Å². The fraction of sp³-hybridized carbons (Fsp3) is 0.576. The number of hydrazine groups is 1. The number of aromatic hydroxyl groups is 1. The Hall–Kier alpha value is -2.82. The van der Waals surface area contributed by atoms with Crippen LogP contribution in [0, 0.1) is 6.92 Å². The van der Waals surface area contributed by atoms with E-state index in [9.17, 15) is 14.7 Å². The van der Waals surface area contributed by atoms with E-state index in [0.717, 1.165) is 22.3 Å². The highest BCUT2D eigenvalue weighted by atomic mass is 16.3. The molecule has 210 valence electrons.